The first-order valence-corrected chi connectivity index (χ1v) is 10.2. The van der Waals surface area contributed by atoms with Gasteiger partial charge in [0.25, 0.3) is 0 Å². The van der Waals surface area contributed by atoms with Crippen LogP contribution in [0.25, 0.3) is 10.2 Å². The van der Waals surface area contributed by atoms with E-state index < -0.39 is 0 Å². The molecule has 2 heterocycles. The Morgan fingerprint density at radius 3 is 3.08 bits per heavy atom. The summed E-state index contributed by atoms with van der Waals surface area (Å²) in [6, 6.07) is 6.00. The van der Waals surface area contributed by atoms with E-state index >= 15 is 0 Å². The van der Waals surface area contributed by atoms with Crippen molar-refractivity contribution in [3.63, 3.8) is 0 Å². The first-order chi connectivity index (χ1) is 12.7. The van der Waals surface area contributed by atoms with Gasteiger partial charge in [0, 0.05) is 0 Å². The number of thioether (sulfide) groups is 1. The van der Waals surface area contributed by atoms with Crippen molar-refractivity contribution in [1.82, 2.24) is 25.2 Å². The zero-order chi connectivity index (χ0) is 17.9. The predicted octanol–water partition coefficient (Wildman–Crippen LogP) is 3.14. The highest BCUT2D eigenvalue weighted by molar-refractivity contribution is 7.99. The monoisotopic (exact) mass is 390 g/mol. The van der Waals surface area contributed by atoms with Crippen molar-refractivity contribution in [3.8, 4) is 5.75 Å². The van der Waals surface area contributed by atoms with Gasteiger partial charge in [0.1, 0.15) is 5.75 Å². The molecule has 0 saturated heterocycles. The van der Waals surface area contributed by atoms with Gasteiger partial charge in [-0.05, 0) is 41.5 Å². The van der Waals surface area contributed by atoms with Crippen LogP contribution in [0.2, 0.25) is 0 Å². The van der Waals surface area contributed by atoms with Crippen LogP contribution >= 0.6 is 23.1 Å². The first-order valence-electron chi connectivity index (χ1n) is 8.38. The summed E-state index contributed by atoms with van der Waals surface area (Å²) in [5.41, 5.74) is 0.837. The molecule has 136 valence electrons. The van der Waals surface area contributed by atoms with Gasteiger partial charge in [-0.1, -0.05) is 35.9 Å². The maximum absolute atomic E-state index is 12.3. The Kier molecular flexibility index (Phi) is 5.02. The molecule has 2 aromatic heterocycles. The average Bonchev–Trinajstić information content (AvgIpc) is 3.38. The molecule has 1 amide bonds. The van der Waals surface area contributed by atoms with Crippen LogP contribution in [0.3, 0.4) is 0 Å². The molecular weight excluding hydrogens is 372 g/mol. The summed E-state index contributed by atoms with van der Waals surface area (Å²) in [5, 5.41) is 16.0. The van der Waals surface area contributed by atoms with Crippen molar-refractivity contribution >= 4 is 44.4 Å². The molecule has 1 aliphatic carbocycles. The van der Waals surface area contributed by atoms with Crippen LogP contribution < -0.4 is 10.1 Å². The van der Waals surface area contributed by atoms with E-state index in [9.17, 15) is 4.79 Å². The molecule has 0 spiro atoms. The van der Waals surface area contributed by atoms with Crippen LogP contribution in [-0.4, -0.2) is 44.0 Å². The fourth-order valence-corrected chi connectivity index (χ4v) is 4.68. The Labute approximate surface area is 158 Å². The average molecular weight is 390 g/mol. The molecule has 10 heteroatoms. The van der Waals surface area contributed by atoms with Gasteiger partial charge >= 0.3 is 0 Å². The minimum atomic E-state index is -0.123. The van der Waals surface area contributed by atoms with E-state index in [2.05, 4.69) is 25.8 Å². The number of hydrogen-bond donors (Lipinski definition) is 1. The predicted molar refractivity (Wildman–Crippen MR) is 101 cm³/mol. The fraction of sp³-hybridized carbons (Fsp3) is 0.438. The van der Waals surface area contributed by atoms with Crippen LogP contribution in [0.1, 0.15) is 31.7 Å². The number of fused-ring (bicyclic) bond motifs is 1. The van der Waals surface area contributed by atoms with Gasteiger partial charge in [-0.15, -0.1) is 5.10 Å². The number of hydrogen-bond acceptors (Lipinski definition) is 8. The molecule has 0 bridgehead atoms. The third-order valence-electron chi connectivity index (χ3n) is 4.31. The number of anilines is 1. The van der Waals surface area contributed by atoms with E-state index in [1.807, 2.05) is 22.9 Å². The molecule has 0 radical (unpaired) electrons. The van der Waals surface area contributed by atoms with Crippen LogP contribution in [0, 0.1) is 0 Å². The molecule has 26 heavy (non-hydrogen) atoms. The molecule has 4 rings (SSSR count). The number of carbonyl (C=O) groups excluding carboxylic acids is 1. The number of benzene rings is 1. The maximum atomic E-state index is 12.3. The van der Waals surface area contributed by atoms with E-state index in [1.54, 1.807) is 7.11 Å². The summed E-state index contributed by atoms with van der Waals surface area (Å²) < 4.78 is 8.04. The molecule has 1 aliphatic rings. The molecule has 3 aromatic rings. The highest BCUT2D eigenvalue weighted by atomic mass is 32.2. The quantitative estimate of drug-likeness (QED) is 0.646. The third-order valence-corrected chi connectivity index (χ3v) is 6.17. The van der Waals surface area contributed by atoms with Crippen molar-refractivity contribution < 1.29 is 9.53 Å². The number of tetrazole rings is 1. The lowest BCUT2D eigenvalue weighted by Crippen LogP contribution is -2.15. The number of aromatic nitrogens is 5. The van der Waals surface area contributed by atoms with Gasteiger partial charge in [0.2, 0.25) is 11.1 Å². The molecular formula is C16H18N6O2S2. The standard InChI is InChI=1S/C16H18N6O2S2/c1-24-11-6-7-12-13(8-11)26-15(17-12)18-14(23)9-25-16-19-20-21-22(16)10-4-2-3-5-10/h6-8,10H,2-5,9H2,1H3,(H,17,18,23). The molecule has 1 N–H and O–H groups in total. The summed E-state index contributed by atoms with van der Waals surface area (Å²) in [4.78, 5) is 16.7. The van der Waals surface area contributed by atoms with Gasteiger partial charge in [0.15, 0.2) is 5.13 Å². The van der Waals surface area contributed by atoms with E-state index in [1.165, 1.54) is 35.9 Å². The Morgan fingerprint density at radius 2 is 2.27 bits per heavy atom. The van der Waals surface area contributed by atoms with Crippen LogP contribution in [0.4, 0.5) is 5.13 Å². The minimum Gasteiger partial charge on any atom is -0.497 e. The number of ether oxygens (including phenoxy) is 1. The fourth-order valence-electron chi connectivity index (χ4n) is 3.03. The van der Waals surface area contributed by atoms with Gasteiger partial charge < -0.3 is 10.1 Å². The topological polar surface area (TPSA) is 94.8 Å². The number of thiazole rings is 1. The van der Waals surface area contributed by atoms with Crippen molar-refractivity contribution in [2.24, 2.45) is 0 Å². The Balaban J connectivity index is 1.38. The van der Waals surface area contributed by atoms with E-state index in [0.717, 1.165) is 28.8 Å². The second kappa shape index (κ2) is 7.58. The van der Waals surface area contributed by atoms with Gasteiger partial charge in [0.05, 0.1) is 29.1 Å². The van der Waals surface area contributed by atoms with Crippen LogP contribution in [0.5, 0.6) is 5.75 Å². The van der Waals surface area contributed by atoms with Crippen molar-refractivity contribution in [3.05, 3.63) is 18.2 Å². The summed E-state index contributed by atoms with van der Waals surface area (Å²) in [7, 11) is 1.63. The van der Waals surface area contributed by atoms with E-state index in [4.69, 9.17) is 4.74 Å². The Morgan fingerprint density at radius 1 is 1.42 bits per heavy atom. The highest BCUT2D eigenvalue weighted by Gasteiger charge is 2.22. The second-order valence-corrected chi connectivity index (χ2v) is 8.01. The number of nitrogens with one attached hydrogen (secondary N) is 1. The third kappa shape index (κ3) is 3.65. The Hall–Kier alpha value is -2.20. The van der Waals surface area contributed by atoms with Gasteiger partial charge in [-0.2, -0.15) is 0 Å². The van der Waals surface area contributed by atoms with Gasteiger partial charge in [-0.3, -0.25) is 4.79 Å². The molecule has 0 atom stereocenters. The zero-order valence-corrected chi connectivity index (χ0v) is 15.8. The minimum absolute atomic E-state index is 0.123. The maximum Gasteiger partial charge on any atom is 0.236 e. The number of methoxy groups -OCH3 is 1. The lowest BCUT2D eigenvalue weighted by molar-refractivity contribution is -0.113. The molecule has 1 aromatic carbocycles. The van der Waals surface area contributed by atoms with Crippen LogP contribution in [0.15, 0.2) is 23.4 Å². The Bertz CT molecular complexity index is 919. The number of nitrogens with zero attached hydrogens (tertiary/aromatic N) is 5. The molecule has 1 fully saturated rings. The van der Waals surface area contributed by atoms with Crippen molar-refractivity contribution in [1.29, 1.82) is 0 Å². The number of rotatable bonds is 6. The zero-order valence-electron chi connectivity index (χ0n) is 14.2. The highest BCUT2D eigenvalue weighted by Crippen LogP contribution is 2.32. The van der Waals surface area contributed by atoms with Crippen molar-refractivity contribution in [2.75, 3.05) is 18.2 Å². The molecule has 0 unspecified atom stereocenters. The lowest BCUT2D eigenvalue weighted by atomic mass is 10.3. The summed E-state index contributed by atoms with van der Waals surface area (Å²) in [5.74, 6) is 0.891. The summed E-state index contributed by atoms with van der Waals surface area (Å²) in [6.45, 7) is 0. The molecule has 8 nitrogen and oxygen atoms in total. The second-order valence-electron chi connectivity index (χ2n) is 6.03. The summed E-state index contributed by atoms with van der Waals surface area (Å²) in [6.07, 6.45) is 4.61. The van der Waals surface area contributed by atoms with E-state index in [-0.39, 0.29) is 11.7 Å². The lowest BCUT2D eigenvalue weighted by Gasteiger charge is -2.10. The van der Waals surface area contributed by atoms with Crippen molar-refractivity contribution in [2.45, 2.75) is 36.9 Å². The number of amides is 1. The molecule has 1 saturated carbocycles. The largest absolute Gasteiger partial charge is 0.497 e. The SMILES string of the molecule is COc1ccc2nc(NC(=O)CSc3nnnn3C3CCCC3)sc2c1. The summed E-state index contributed by atoms with van der Waals surface area (Å²) >= 11 is 2.78. The van der Waals surface area contributed by atoms with E-state index in [0.29, 0.717) is 16.3 Å². The van der Waals surface area contributed by atoms with Crippen LogP contribution in [-0.2, 0) is 4.79 Å². The molecule has 0 aliphatic heterocycles. The van der Waals surface area contributed by atoms with Gasteiger partial charge in [-0.25, -0.2) is 9.67 Å². The normalized spacial score (nSPS) is 14.8. The smallest absolute Gasteiger partial charge is 0.236 e. The first kappa shape index (κ1) is 17.2. The number of carbonyl (C=O) groups is 1.